The fourth-order valence-corrected chi connectivity index (χ4v) is 7.45. The molecule has 0 saturated carbocycles. The summed E-state index contributed by atoms with van der Waals surface area (Å²) in [7, 11) is -9.82. The van der Waals surface area contributed by atoms with Crippen molar-refractivity contribution in [3.05, 3.63) is 108 Å². The van der Waals surface area contributed by atoms with Gasteiger partial charge in [0.25, 0.3) is 20.2 Å². The first-order valence-electron chi connectivity index (χ1n) is 19.3. The number of aromatic nitrogens is 6. The minimum absolute atomic E-state index is 0. The molecule has 6 rings (SSSR count). The summed E-state index contributed by atoms with van der Waals surface area (Å²) >= 11 is 0. The largest absolute Gasteiger partial charge is 1.00 e. The second kappa shape index (κ2) is 25.3. The summed E-state index contributed by atoms with van der Waals surface area (Å²) in [6.07, 6.45) is 2.45. The van der Waals surface area contributed by atoms with E-state index in [1.807, 2.05) is 12.1 Å². The second-order valence-electron chi connectivity index (χ2n) is 13.5. The Hall–Kier alpha value is -4.90. The van der Waals surface area contributed by atoms with Gasteiger partial charge in [-0.3, -0.25) is 9.11 Å². The molecule has 0 atom stereocenters. The number of nitrogens with one attached hydrogen (secondary N) is 4. The van der Waals surface area contributed by atoms with E-state index in [0.717, 1.165) is 12.1 Å². The standard InChI is InChI=1S/C40H44N12O10S2.2Na.2H/c53-21-17-51(18-22-54)39-47-35(41-29-7-3-1-4-8-29)45-37(49-39)43-31-15-13-27(33(25-31)63(57,58)59)11-12-28-14-16-32(26-34(28)64(60,61)62)44-38-46-36(42-30-9-5-2-6-10-30)48-40(50-38)52(19-23-55)20-24-56;;;;/h1-16,25-26,53-56H,17-24H2,(H,57,58,59)(H,60,61,62)(H2,41,43,45,47,49)(H2,42,44,46,48,50);;;;/q;2*+1;2*-1. The van der Waals surface area contributed by atoms with E-state index >= 15 is 0 Å². The van der Waals surface area contributed by atoms with Crippen LogP contribution in [0.2, 0.25) is 0 Å². The van der Waals surface area contributed by atoms with E-state index < -0.39 is 30.0 Å². The van der Waals surface area contributed by atoms with Crippen molar-refractivity contribution in [1.82, 2.24) is 29.9 Å². The summed E-state index contributed by atoms with van der Waals surface area (Å²) in [5.74, 6) is 0.187. The molecule has 0 unspecified atom stereocenters. The summed E-state index contributed by atoms with van der Waals surface area (Å²) in [4.78, 5) is 28.3. The third kappa shape index (κ3) is 15.3. The van der Waals surface area contributed by atoms with Crippen molar-refractivity contribution < 1.29 is 108 Å². The zero-order valence-electron chi connectivity index (χ0n) is 37.8. The molecule has 66 heavy (non-hydrogen) atoms. The van der Waals surface area contributed by atoms with Gasteiger partial charge in [-0.2, -0.15) is 46.7 Å². The zero-order valence-corrected chi connectivity index (χ0v) is 41.4. The third-order valence-electron chi connectivity index (χ3n) is 8.89. The zero-order chi connectivity index (χ0) is 45.7. The fourth-order valence-electron chi connectivity index (χ4n) is 6.03. The summed E-state index contributed by atoms with van der Waals surface area (Å²) in [6.45, 7) is -0.796. The molecule has 0 bridgehead atoms. The van der Waals surface area contributed by atoms with E-state index in [1.54, 1.807) is 48.5 Å². The summed E-state index contributed by atoms with van der Waals surface area (Å²) in [6, 6.07) is 25.7. The summed E-state index contributed by atoms with van der Waals surface area (Å²) < 4.78 is 71.5. The van der Waals surface area contributed by atoms with Gasteiger partial charge >= 0.3 is 59.1 Å². The maximum absolute atomic E-state index is 12.7. The van der Waals surface area contributed by atoms with Crippen LogP contribution in [-0.4, -0.2) is 129 Å². The van der Waals surface area contributed by atoms with E-state index in [0.29, 0.717) is 11.4 Å². The molecule has 0 radical (unpaired) electrons. The molecule has 6 aromatic rings. The Morgan fingerprint density at radius 3 is 1.05 bits per heavy atom. The molecule has 4 aromatic carbocycles. The molecule has 10 N–H and O–H groups in total. The van der Waals surface area contributed by atoms with Gasteiger partial charge in [0.05, 0.1) is 26.4 Å². The third-order valence-corrected chi connectivity index (χ3v) is 10.7. The first kappa shape index (κ1) is 53.7. The number of aliphatic hydroxyl groups excluding tert-OH is 4. The van der Waals surface area contributed by atoms with Gasteiger partial charge in [0.1, 0.15) is 9.79 Å². The molecule has 0 aliphatic rings. The van der Waals surface area contributed by atoms with Crippen LogP contribution in [0.1, 0.15) is 14.0 Å². The molecule has 0 saturated heterocycles. The predicted octanol–water partition coefficient (Wildman–Crippen LogP) is -2.49. The van der Waals surface area contributed by atoms with E-state index in [-0.39, 0.29) is 173 Å². The van der Waals surface area contributed by atoms with Gasteiger partial charge in [-0.1, -0.05) is 60.7 Å². The van der Waals surface area contributed by atoms with Gasteiger partial charge < -0.3 is 54.3 Å². The number of para-hydroxylation sites is 2. The van der Waals surface area contributed by atoms with Crippen molar-refractivity contribution in [2.45, 2.75) is 9.79 Å². The van der Waals surface area contributed by atoms with Gasteiger partial charge in [-0.15, -0.1) is 0 Å². The van der Waals surface area contributed by atoms with Crippen molar-refractivity contribution in [3.8, 4) is 0 Å². The van der Waals surface area contributed by atoms with Gasteiger partial charge in [0.2, 0.25) is 35.7 Å². The van der Waals surface area contributed by atoms with Gasteiger partial charge in [-0.25, -0.2) is 0 Å². The Bertz CT molecular complexity index is 2600. The number of hydrogen-bond acceptors (Lipinski definition) is 20. The Balaban J connectivity index is 0.00000397. The van der Waals surface area contributed by atoms with Crippen molar-refractivity contribution in [2.24, 2.45) is 0 Å². The van der Waals surface area contributed by atoms with Crippen LogP contribution in [0, 0.1) is 0 Å². The maximum atomic E-state index is 12.7. The van der Waals surface area contributed by atoms with Crippen molar-refractivity contribution in [3.63, 3.8) is 0 Å². The van der Waals surface area contributed by atoms with Crippen molar-refractivity contribution in [1.29, 1.82) is 0 Å². The van der Waals surface area contributed by atoms with Crippen LogP contribution in [0.25, 0.3) is 12.2 Å². The maximum Gasteiger partial charge on any atom is 1.00 e. The van der Waals surface area contributed by atoms with Crippen LogP contribution in [0.4, 0.5) is 58.4 Å². The number of nitrogens with zero attached hydrogens (tertiary/aromatic N) is 8. The molecule has 26 heteroatoms. The molecule has 340 valence electrons. The number of rotatable bonds is 22. The topological polar surface area (TPSA) is 322 Å². The van der Waals surface area contributed by atoms with Crippen LogP contribution < -0.4 is 90.2 Å². The van der Waals surface area contributed by atoms with Crippen LogP contribution in [0.5, 0.6) is 0 Å². The Labute approximate surface area is 427 Å². The quantitative estimate of drug-likeness (QED) is 0.0191. The molecule has 0 spiro atoms. The van der Waals surface area contributed by atoms with Gasteiger partial charge in [-0.05, 0) is 59.7 Å². The molecular formula is C40H46N12Na2O10S2. The average Bonchev–Trinajstić information content (AvgIpc) is 3.26. The first-order chi connectivity index (χ1) is 30.8. The normalized spacial score (nSPS) is 11.3. The molecule has 0 fully saturated rings. The Morgan fingerprint density at radius 2 is 0.758 bits per heavy atom. The minimum Gasteiger partial charge on any atom is -1.00 e. The van der Waals surface area contributed by atoms with E-state index in [4.69, 9.17) is 0 Å². The second-order valence-corrected chi connectivity index (χ2v) is 16.2. The van der Waals surface area contributed by atoms with Crippen LogP contribution >= 0.6 is 0 Å². The number of aliphatic hydroxyl groups is 4. The van der Waals surface area contributed by atoms with Gasteiger partial charge in [0, 0.05) is 48.9 Å². The molecule has 2 aromatic heterocycles. The molecular weight excluding hydrogens is 919 g/mol. The minimum atomic E-state index is -4.91. The molecule has 0 aliphatic carbocycles. The van der Waals surface area contributed by atoms with E-state index in [9.17, 15) is 46.4 Å². The van der Waals surface area contributed by atoms with Crippen LogP contribution in [0.15, 0.2) is 107 Å². The Morgan fingerprint density at radius 1 is 0.455 bits per heavy atom. The summed E-state index contributed by atoms with van der Waals surface area (Å²) in [5, 5.41) is 50.4. The number of anilines is 10. The SMILES string of the molecule is O=S(=O)(O)c1cc(Nc2nc(Nc3ccccc3)nc(N(CCO)CCO)n2)ccc1C=Cc1ccc(Nc2nc(Nc3ccccc3)nc(N(CCO)CCO)n2)cc1S(=O)(=O)O.[H-].[H-].[Na+].[Na+]. The molecule has 22 nitrogen and oxygen atoms in total. The predicted molar refractivity (Wildman–Crippen MR) is 242 cm³/mol. The summed E-state index contributed by atoms with van der Waals surface area (Å²) in [5.41, 5.74) is 1.36. The average molecular weight is 965 g/mol. The monoisotopic (exact) mass is 964 g/mol. The first-order valence-corrected chi connectivity index (χ1v) is 22.2. The van der Waals surface area contributed by atoms with Crippen molar-refractivity contribution in [2.75, 3.05) is 83.7 Å². The fraction of sp³-hybridized carbons (Fsp3) is 0.200. The molecule has 2 heterocycles. The molecule has 0 amide bonds. The molecule has 0 aliphatic heterocycles. The Kier molecular flexibility index (Phi) is 20.6. The van der Waals surface area contributed by atoms with E-state index in [2.05, 4.69) is 51.2 Å². The van der Waals surface area contributed by atoms with Crippen LogP contribution in [-0.2, 0) is 20.2 Å². The smallest absolute Gasteiger partial charge is 1.00 e. The number of hydrogen-bond donors (Lipinski definition) is 10. The van der Waals surface area contributed by atoms with E-state index in [1.165, 1.54) is 46.2 Å². The number of benzene rings is 4. The van der Waals surface area contributed by atoms with Gasteiger partial charge in [0.15, 0.2) is 0 Å². The van der Waals surface area contributed by atoms with Crippen LogP contribution in [0.3, 0.4) is 0 Å². The van der Waals surface area contributed by atoms with Crippen molar-refractivity contribution >= 4 is 90.8 Å².